The fourth-order valence-electron chi connectivity index (χ4n) is 3.45. The van der Waals surface area contributed by atoms with E-state index in [9.17, 15) is 14.4 Å². The minimum absolute atomic E-state index is 0.167. The quantitative estimate of drug-likeness (QED) is 0.702. The number of likely N-dealkylation sites (tertiary alicyclic amines) is 1. The molecule has 0 saturated carbocycles. The van der Waals surface area contributed by atoms with Gasteiger partial charge in [-0.05, 0) is 37.0 Å². The monoisotopic (exact) mass is 395 g/mol. The minimum atomic E-state index is -0.529. The normalized spacial score (nSPS) is 14.3. The van der Waals surface area contributed by atoms with Crippen LogP contribution in [0.1, 0.15) is 30.1 Å². The average molecular weight is 395 g/mol. The van der Waals surface area contributed by atoms with Gasteiger partial charge in [-0.2, -0.15) is 0 Å². The summed E-state index contributed by atoms with van der Waals surface area (Å²) in [7, 11) is 0. The largest absolute Gasteiger partial charge is 0.466 e. The summed E-state index contributed by atoms with van der Waals surface area (Å²) in [6.07, 6.45) is 1.13. The van der Waals surface area contributed by atoms with Gasteiger partial charge in [-0.25, -0.2) is 4.79 Å². The van der Waals surface area contributed by atoms with Crippen molar-refractivity contribution in [2.75, 3.05) is 26.3 Å². The molecule has 1 aliphatic rings. The number of benzene rings is 2. The van der Waals surface area contributed by atoms with Gasteiger partial charge in [0, 0.05) is 13.1 Å². The van der Waals surface area contributed by atoms with Gasteiger partial charge in [0.2, 0.25) is 0 Å². The van der Waals surface area contributed by atoms with E-state index in [0.29, 0.717) is 38.1 Å². The van der Waals surface area contributed by atoms with Crippen LogP contribution < -0.4 is 0 Å². The molecule has 6 nitrogen and oxygen atoms in total. The molecule has 29 heavy (non-hydrogen) atoms. The molecule has 0 bridgehead atoms. The van der Waals surface area contributed by atoms with Crippen molar-refractivity contribution in [3.05, 3.63) is 60.2 Å². The van der Waals surface area contributed by atoms with Gasteiger partial charge in [0.1, 0.15) is 0 Å². The Kier molecular flexibility index (Phi) is 7.00. The third kappa shape index (κ3) is 5.22. The standard InChI is InChI=1S/C23H25NO5/c1-2-28-22(26)18-12-14-24(15-13-18)21(25)16-29-23(27)20-11-7-6-10-19(20)17-8-4-3-5-9-17/h3-11,18H,2,12-16H2,1H3. The van der Waals surface area contributed by atoms with Gasteiger partial charge in [0.05, 0.1) is 18.1 Å². The minimum Gasteiger partial charge on any atom is -0.466 e. The molecule has 1 heterocycles. The number of amides is 1. The predicted octanol–water partition coefficient (Wildman–Crippen LogP) is 3.31. The maximum absolute atomic E-state index is 12.6. The Balaban J connectivity index is 1.55. The Hall–Kier alpha value is -3.15. The van der Waals surface area contributed by atoms with Gasteiger partial charge in [0.25, 0.3) is 5.91 Å². The SMILES string of the molecule is CCOC(=O)C1CCN(C(=O)COC(=O)c2ccccc2-c2ccccc2)CC1. The van der Waals surface area contributed by atoms with Crippen LogP contribution in [0.2, 0.25) is 0 Å². The second-order valence-corrected chi connectivity index (χ2v) is 6.89. The number of piperidine rings is 1. The second kappa shape index (κ2) is 9.87. The van der Waals surface area contributed by atoms with E-state index in [2.05, 4.69) is 0 Å². The lowest BCUT2D eigenvalue weighted by molar-refractivity contribution is -0.151. The molecule has 0 unspecified atom stereocenters. The smallest absolute Gasteiger partial charge is 0.339 e. The summed E-state index contributed by atoms with van der Waals surface area (Å²) in [4.78, 5) is 38.4. The van der Waals surface area contributed by atoms with Crippen molar-refractivity contribution in [1.29, 1.82) is 0 Å². The zero-order valence-corrected chi connectivity index (χ0v) is 16.5. The van der Waals surface area contributed by atoms with Gasteiger partial charge in [0.15, 0.2) is 6.61 Å². The Morgan fingerprint density at radius 3 is 2.28 bits per heavy atom. The van der Waals surface area contributed by atoms with Crippen LogP contribution in [0.25, 0.3) is 11.1 Å². The highest BCUT2D eigenvalue weighted by Crippen LogP contribution is 2.24. The maximum atomic E-state index is 12.6. The third-order valence-electron chi connectivity index (χ3n) is 5.03. The van der Waals surface area contributed by atoms with Crippen molar-refractivity contribution in [3.8, 4) is 11.1 Å². The number of hydrogen-bond acceptors (Lipinski definition) is 5. The van der Waals surface area contributed by atoms with Crippen LogP contribution in [0.3, 0.4) is 0 Å². The van der Waals surface area contributed by atoms with Gasteiger partial charge in [-0.15, -0.1) is 0 Å². The molecule has 0 radical (unpaired) electrons. The molecule has 1 aliphatic heterocycles. The number of carbonyl (C=O) groups is 3. The van der Waals surface area contributed by atoms with E-state index in [1.807, 2.05) is 42.5 Å². The molecular weight excluding hydrogens is 370 g/mol. The lowest BCUT2D eigenvalue weighted by atomic mass is 9.97. The number of nitrogens with zero attached hydrogens (tertiary/aromatic N) is 1. The van der Waals surface area contributed by atoms with Crippen LogP contribution in [0, 0.1) is 5.92 Å². The summed E-state index contributed by atoms with van der Waals surface area (Å²) < 4.78 is 10.3. The van der Waals surface area contributed by atoms with E-state index in [4.69, 9.17) is 9.47 Å². The molecule has 1 saturated heterocycles. The van der Waals surface area contributed by atoms with E-state index < -0.39 is 5.97 Å². The molecule has 0 N–H and O–H groups in total. The Labute approximate surface area is 170 Å². The Bertz CT molecular complexity index is 857. The fraction of sp³-hybridized carbons (Fsp3) is 0.348. The summed E-state index contributed by atoms with van der Waals surface area (Å²) in [5.41, 5.74) is 2.10. The molecule has 0 spiro atoms. The van der Waals surface area contributed by atoms with Crippen molar-refractivity contribution >= 4 is 17.8 Å². The van der Waals surface area contributed by atoms with Gasteiger partial charge < -0.3 is 14.4 Å². The lowest BCUT2D eigenvalue weighted by Gasteiger charge is -2.30. The first-order valence-electron chi connectivity index (χ1n) is 9.86. The van der Waals surface area contributed by atoms with Crippen molar-refractivity contribution in [2.45, 2.75) is 19.8 Å². The van der Waals surface area contributed by atoms with Crippen molar-refractivity contribution in [1.82, 2.24) is 4.90 Å². The Morgan fingerprint density at radius 2 is 1.59 bits per heavy atom. The summed E-state index contributed by atoms with van der Waals surface area (Å²) in [6, 6.07) is 16.7. The fourth-order valence-corrected chi connectivity index (χ4v) is 3.45. The molecule has 0 atom stereocenters. The average Bonchev–Trinajstić information content (AvgIpc) is 2.78. The van der Waals surface area contributed by atoms with Crippen molar-refractivity contribution in [3.63, 3.8) is 0 Å². The molecular formula is C23H25NO5. The van der Waals surface area contributed by atoms with Gasteiger partial charge >= 0.3 is 11.9 Å². The van der Waals surface area contributed by atoms with Crippen LogP contribution in [0.15, 0.2) is 54.6 Å². The number of esters is 2. The topological polar surface area (TPSA) is 72.9 Å². The number of carbonyl (C=O) groups excluding carboxylic acids is 3. The van der Waals surface area contributed by atoms with E-state index in [1.54, 1.807) is 24.0 Å². The van der Waals surface area contributed by atoms with Crippen molar-refractivity contribution in [2.24, 2.45) is 5.92 Å². The van der Waals surface area contributed by atoms with E-state index in [0.717, 1.165) is 11.1 Å². The van der Waals surface area contributed by atoms with Gasteiger partial charge in [-0.3, -0.25) is 9.59 Å². The molecule has 0 aromatic heterocycles. The zero-order chi connectivity index (χ0) is 20.6. The van der Waals surface area contributed by atoms with Crippen LogP contribution in [0.5, 0.6) is 0 Å². The first-order chi connectivity index (χ1) is 14.1. The van der Waals surface area contributed by atoms with Crippen LogP contribution >= 0.6 is 0 Å². The summed E-state index contributed by atoms with van der Waals surface area (Å²) in [6.45, 7) is 2.74. The summed E-state index contributed by atoms with van der Waals surface area (Å²) in [5, 5.41) is 0. The van der Waals surface area contributed by atoms with E-state index in [-0.39, 0.29) is 24.4 Å². The molecule has 6 heteroatoms. The number of hydrogen-bond donors (Lipinski definition) is 0. The highest BCUT2D eigenvalue weighted by Gasteiger charge is 2.28. The summed E-state index contributed by atoms with van der Waals surface area (Å²) >= 11 is 0. The van der Waals surface area contributed by atoms with E-state index >= 15 is 0 Å². The van der Waals surface area contributed by atoms with Gasteiger partial charge in [-0.1, -0.05) is 48.5 Å². The molecule has 1 fully saturated rings. The number of rotatable bonds is 6. The molecule has 152 valence electrons. The molecule has 1 amide bonds. The highest BCUT2D eigenvalue weighted by molar-refractivity contribution is 5.98. The predicted molar refractivity (Wildman–Crippen MR) is 108 cm³/mol. The molecule has 0 aliphatic carbocycles. The molecule has 3 rings (SSSR count). The Morgan fingerprint density at radius 1 is 0.931 bits per heavy atom. The highest BCUT2D eigenvalue weighted by atomic mass is 16.5. The zero-order valence-electron chi connectivity index (χ0n) is 16.5. The van der Waals surface area contributed by atoms with Crippen LogP contribution in [-0.2, 0) is 19.1 Å². The third-order valence-corrected chi connectivity index (χ3v) is 5.03. The van der Waals surface area contributed by atoms with Crippen molar-refractivity contribution < 1.29 is 23.9 Å². The number of ether oxygens (including phenoxy) is 2. The maximum Gasteiger partial charge on any atom is 0.339 e. The molecule has 2 aromatic rings. The first kappa shape index (κ1) is 20.6. The second-order valence-electron chi connectivity index (χ2n) is 6.89. The first-order valence-corrected chi connectivity index (χ1v) is 9.86. The van der Waals surface area contributed by atoms with E-state index in [1.165, 1.54) is 0 Å². The van der Waals surface area contributed by atoms with Crippen LogP contribution in [0.4, 0.5) is 0 Å². The molecule has 2 aromatic carbocycles. The lowest BCUT2D eigenvalue weighted by Crippen LogP contribution is -2.42. The van der Waals surface area contributed by atoms with Crippen LogP contribution in [-0.4, -0.2) is 49.0 Å². The summed E-state index contributed by atoms with van der Waals surface area (Å²) in [5.74, 6) is -1.15.